The average molecular weight is 256 g/mol. The van der Waals surface area contributed by atoms with Crippen LogP contribution < -0.4 is 5.32 Å². The molecule has 0 aliphatic carbocycles. The third-order valence-electron chi connectivity index (χ3n) is 3.39. The molecule has 1 aliphatic heterocycles. The molecule has 0 saturated heterocycles. The van der Waals surface area contributed by atoms with Crippen molar-refractivity contribution in [2.24, 2.45) is 0 Å². The Balaban J connectivity index is 2.30. The van der Waals surface area contributed by atoms with Gasteiger partial charge in [0, 0.05) is 24.3 Å². The molecule has 1 aliphatic rings. The topological polar surface area (TPSA) is 32.3 Å². The van der Waals surface area contributed by atoms with E-state index < -0.39 is 0 Å². The summed E-state index contributed by atoms with van der Waals surface area (Å²) in [5.74, 6) is 2.63. The zero-order chi connectivity index (χ0) is 13.7. The Labute approximate surface area is 115 Å². The minimum Gasteiger partial charge on any atom is -0.385 e. The lowest BCUT2D eigenvalue weighted by atomic mass is 9.97. The molecule has 3 heteroatoms. The van der Waals surface area contributed by atoms with E-state index in [1.54, 1.807) is 4.90 Å². The van der Waals surface area contributed by atoms with Crippen molar-refractivity contribution in [2.45, 2.75) is 26.2 Å². The van der Waals surface area contributed by atoms with Gasteiger partial charge in [0.1, 0.15) is 0 Å². The molecule has 0 atom stereocenters. The normalized spacial score (nSPS) is 13.1. The first-order valence-corrected chi connectivity index (χ1v) is 6.86. The number of nitrogens with one attached hydrogen (secondary N) is 1. The van der Waals surface area contributed by atoms with Crippen molar-refractivity contribution < 1.29 is 4.79 Å². The maximum atomic E-state index is 12.6. The fourth-order valence-electron chi connectivity index (χ4n) is 2.51. The van der Waals surface area contributed by atoms with Gasteiger partial charge >= 0.3 is 0 Å². The molecule has 1 aromatic rings. The molecule has 0 saturated carbocycles. The SMILES string of the molecule is C#CCN(CCC)C(=O)c1cccc2c1CCCN2. The van der Waals surface area contributed by atoms with Crippen LogP contribution in [0.3, 0.4) is 0 Å². The van der Waals surface area contributed by atoms with E-state index in [-0.39, 0.29) is 5.91 Å². The largest absolute Gasteiger partial charge is 0.385 e. The van der Waals surface area contributed by atoms with E-state index in [1.165, 1.54) is 0 Å². The number of anilines is 1. The summed E-state index contributed by atoms with van der Waals surface area (Å²) in [7, 11) is 0. The molecule has 0 aromatic heterocycles. The van der Waals surface area contributed by atoms with Gasteiger partial charge in [-0.2, -0.15) is 0 Å². The summed E-state index contributed by atoms with van der Waals surface area (Å²) in [6.45, 7) is 4.12. The zero-order valence-electron chi connectivity index (χ0n) is 11.4. The first kappa shape index (κ1) is 13.5. The lowest BCUT2D eigenvalue weighted by Crippen LogP contribution is -2.33. The van der Waals surface area contributed by atoms with Crippen molar-refractivity contribution in [2.75, 3.05) is 25.0 Å². The standard InChI is InChI=1S/C16H20N2O/c1-3-11-18(12-4-2)16(19)14-7-5-9-15-13(14)8-6-10-17-15/h1,5,7,9,17H,4,6,8,10-12H2,2H3. The van der Waals surface area contributed by atoms with Crippen molar-refractivity contribution >= 4 is 11.6 Å². The molecular weight excluding hydrogens is 236 g/mol. The quantitative estimate of drug-likeness (QED) is 0.840. The second-order valence-electron chi connectivity index (χ2n) is 4.79. The van der Waals surface area contributed by atoms with Gasteiger partial charge in [-0.25, -0.2) is 0 Å². The highest BCUT2D eigenvalue weighted by molar-refractivity contribution is 5.97. The van der Waals surface area contributed by atoms with Gasteiger partial charge in [-0.05, 0) is 37.0 Å². The monoisotopic (exact) mass is 256 g/mol. The molecule has 19 heavy (non-hydrogen) atoms. The molecule has 0 radical (unpaired) electrons. The summed E-state index contributed by atoms with van der Waals surface area (Å²) < 4.78 is 0. The summed E-state index contributed by atoms with van der Waals surface area (Å²) in [5, 5.41) is 3.35. The summed E-state index contributed by atoms with van der Waals surface area (Å²) in [6, 6.07) is 5.88. The summed E-state index contributed by atoms with van der Waals surface area (Å²) >= 11 is 0. The van der Waals surface area contributed by atoms with Crippen LogP contribution in [-0.4, -0.2) is 30.4 Å². The van der Waals surface area contributed by atoms with E-state index >= 15 is 0 Å². The number of benzene rings is 1. The Morgan fingerprint density at radius 3 is 3.11 bits per heavy atom. The lowest BCUT2D eigenvalue weighted by molar-refractivity contribution is 0.0775. The third-order valence-corrected chi connectivity index (χ3v) is 3.39. The predicted octanol–water partition coefficient (Wildman–Crippen LogP) is 2.53. The summed E-state index contributed by atoms with van der Waals surface area (Å²) in [4.78, 5) is 14.4. The van der Waals surface area contributed by atoms with Crippen LogP contribution in [0.2, 0.25) is 0 Å². The van der Waals surface area contributed by atoms with Crippen LogP contribution >= 0.6 is 0 Å². The number of hydrogen-bond donors (Lipinski definition) is 1. The van der Waals surface area contributed by atoms with Crippen LogP contribution in [0.4, 0.5) is 5.69 Å². The van der Waals surface area contributed by atoms with E-state index in [0.29, 0.717) is 13.1 Å². The highest BCUT2D eigenvalue weighted by Gasteiger charge is 2.20. The predicted molar refractivity (Wildman–Crippen MR) is 78.3 cm³/mol. The molecule has 1 N–H and O–H groups in total. The molecule has 0 spiro atoms. The fraction of sp³-hybridized carbons (Fsp3) is 0.438. The molecule has 3 nitrogen and oxygen atoms in total. The number of terminal acetylenes is 1. The van der Waals surface area contributed by atoms with Gasteiger partial charge in [-0.3, -0.25) is 4.79 Å². The van der Waals surface area contributed by atoms with Crippen LogP contribution in [0.1, 0.15) is 35.7 Å². The van der Waals surface area contributed by atoms with Gasteiger partial charge in [0.2, 0.25) is 0 Å². The minimum absolute atomic E-state index is 0.0559. The Kier molecular flexibility index (Phi) is 4.46. The summed E-state index contributed by atoms with van der Waals surface area (Å²) in [5.41, 5.74) is 3.03. The van der Waals surface area contributed by atoms with Gasteiger partial charge in [0.05, 0.1) is 6.54 Å². The van der Waals surface area contributed by atoms with E-state index in [9.17, 15) is 4.79 Å². The van der Waals surface area contributed by atoms with Gasteiger partial charge in [0.15, 0.2) is 0 Å². The molecule has 0 bridgehead atoms. The fourth-order valence-corrected chi connectivity index (χ4v) is 2.51. The first-order valence-electron chi connectivity index (χ1n) is 6.86. The van der Waals surface area contributed by atoms with Crippen LogP contribution in [0.25, 0.3) is 0 Å². The molecular formula is C16H20N2O. The second-order valence-corrected chi connectivity index (χ2v) is 4.79. The summed E-state index contributed by atoms with van der Waals surface area (Å²) in [6.07, 6.45) is 8.30. The van der Waals surface area contributed by atoms with Crippen molar-refractivity contribution in [3.05, 3.63) is 29.3 Å². The zero-order valence-corrected chi connectivity index (χ0v) is 11.4. The van der Waals surface area contributed by atoms with E-state index in [0.717, 1.165) is 42.6 Å². The molecule has 1 heterocycles. The average Bonchev–Trinajstić information content (AvgIpc) is 2.46. The Morgan fingerprint density at radius 1 is 1.53 bits per heavy atom. The smallest absolute Gasteiger partial charge is 0.254 e. The van der Waals surface area contributed by atoms with Gasteiger partial charge in [-0.1, -0.05) is 18.9 Å². The Morgan fingerprint density at radius 2 is 2.37 bits per heavy atom. The number of nitrogens with zero attached hydrogens (tertiary/aromatic N) is 1. The molecule has 0 fully saturated rings. The first-order chi connectivity index (χ1) is 9.27. The molecule has 100 valence electrons. The van der Waals surface area contributed by atoms with Crippen LogP contribution in [0.15, 0.2) is 18.2 Å². The van der Waals surface area contributed by atoms with Gasteiger partial charge in [-0.15, -0.1) is 6.42 Å². The molecule has 1 aromatic carbocycles. The minimum atomic E-state index is 0.0559. The van der Waals surface area contributed by atoms with Crippen LogP contribution in [-0.2, 0) is 6.42 Å². The number of hydrogen-bond acceptors (Lipinski definition) is 2. The highest BCUT2D eigenvalue weighted by atomic mass is 16.2. The van der Waals surface area contributed by atoms with Crippen LogP contribution in [0.5, 0.6) is 0 Å². The number of rotatable bonds is 4. The van der Waals surface area contributed by atoms with E-state index in [1.807, 2.05) is 18.2 Å². The number of carbonyl (C=O) groups excluding carboxylic acids is 1. The molecule has 1 amide bonds. The van der Waals surface area contributed by atoms with Crippen LogP contribution in [0, 0.1) is 12.3 Å². The van der Waals surface area contributed by atoms with E-state index in [4.69, 9.17) is 6.42 Å². The van der Waals surface area contributed by atoms with Gasteiger partial charge < -0.3 is 10.2 Å². The number of amides is 1. The van der Waals surface area contributed by atoms with Crippen molar-refractivity contribution in [3.8, 4) is 12.3 Å². The van der Waals surface area contributed by atoms with Crippen molar-refractivity contribution in [1.82, 2.24) is 4.90 Å². The third kappa shape index (κ3) is 2.90. The molecule has 0 unspecified atom stereocenters. The Hall–Kier alpha value is -1.95. The second kappa shape index (κ2) is 6.29. The van der Waals surface area contributed by atoms with Gasteiger partial charge in [0.25, 0.3) is 5.91 Å². The highest BCUT2D eigenvalue weighted by Crippen LogP contribution is 2.26. The lowest BCUT2D eigenvalue weighted by Gasteiger charge is -2.24. The molecule has 2 rings (SSSR count). The Bertz CT molecular complexity index is 502. The van der Waals surface area contributed by atoms with Crippen molar-refractivity contribution in [1.29, 1.82) is 0 Å². The van der Waals surface area contributed by atoms with E-state index in [2.05, 4.69) is 18.2 Å². The number of carbonyl (C=O) groups is 1. The maximum absolute atomic E-state index is 12.6. The van der Waals surface area contributed by atoms with Crippen molar-refractivity contribution in [3.63, 3.8) is 0 Å². The number of fused-ring (bicyclic) bond motifs is 1. The maximum Gasteiger partial charge on any atom is 0.254 e.